The molecule has 1 fully saturated rings. The number of rotatable bonds is 10. The summed E-state index contributed by atoms with van der Waals surface area (Å²) in [6.07, 6.45) is 1.77. The molecule has 0 bridgehead atoms. The summed E-state index contributed by atoms with van der Waals surface area (Å²) in [7, 11) is -0.369. The molecular formula is C29H35N5O10S. The van der Waals surface area contributed by atoms with E-state index in [1.807, 2.05) is 11.0 Å². The van der Waals surface area contributed by atoms with Gasteiger partial charge in [-0.25, -0.2) is 22.8 Å². The number of ketones is 1. The summed E-state index contributed by atoms with van der Waals surface area (Å²) < 4.78 is 34.4. The summed E-state index contributed by atoms with van der Waals surface area (Å²) in [4.78, 5) is 60.1. The van der Waals surface area contributed by atoms with E-state index in [9.17, 15) is 22.8 Å². The van der Waals surface area contributed by atoms with Crippen LogP contribution in [0.15, 0.2) is 64.2 Å². The molecule has 242 valence electrons. The summed E-state index contributed by atoms with van der Waals surface area (Å²) in [5.74, 6) is -2.90. The number of hydrogen-bond donors (Lipinski definition) is 3. The average Bonchev–Trinajstić information content (AvgIpc) is 3.00. The van der Waals surface area contributed by atoms with Crippen LogP contribution in [0.25, 0.3) is 0 Å². The smallest absolute Gasteiger partial charge is 0.414 e. The third kappa shape index (κ3) is 9.77. The maximum atomic E-state index is 13.2. The first-order valence-electron chi connectivity index (χ1n) is 13.7. The van der Waals surface area contributed by atoms with Gasteiger partial charge in [-0.2, -0.15) is 0 Å². The van der Waals surface area contributed by atoms with Gasteiger partial charge in [0.2, 0.25) is 10.0 Å². The van der Waals surface area contributed by atoms with Crippen molar-refractivity contribution < 1.29 is 37.8 Å². The minimum atomic E-state index is -3.51. The van der Waals surface area contributed by atoms with Crippen LogP contribution in [0, 0.1) is 0 Å². The number of aliphatic carboxylic acids is 2. The monoisotopic (exact) mass is 645 g/mol. The van der Waals surface area contributed by atoms with Crippen LogP contribution in [0.4, 0.5) is 11.5 Å². The van der Waals surface area contributed by atoms with Crippen LogP contribution in [0.2, 0.25) is 0 Å². The number of sulfonamides is 1. The number of anilines is 2. The fourth-order valence-corrected chi connectivity index (χ4v) is 5.11. The number of aromatic nitrogens is 2. The van der Waals surface area contributed by atoms with Gasteiger partial charge in [-0.1, -0.05) is 30.3 Å². The van der Waals surface area contributed by atoms with Crippen LogP contribution in [0.1, 0.15) is 22.3 Å². The number of hydrogen-bond acceptors (Lipinski definition) is 10. The van der Waals surface area contributed by atoms with E-state index in [1.54, 1.807) is 43.4 Å². The molecular weight excluding hydrogens is 610 g/mol. The molecule has 3 aromatic rings. The van der Waals surface area contributed by atoms with Gasteiger partial charge in [-0.3, -0.25) is 28.3 Å². The third-order valence-corrected chi connectivity index (χ3v) is 7.43. The topological polar surface area (TPSA) is 198 Å². The summed E-state index contributed by atoms with van der Waals surface area (Å²) >= 11 is 0. The number of nitrogens with zero attached hydrogens (tertiary/aromatic N) is 4. The minimum Gasteiger partial charge on any atom is -0.493 e. The number of carboxylic acids is 2. The summed E-state index contributed by atoms with van der Waals surface area (Å²) in [5, 5.41) is 14.8. The SMILES string of the molecule is Cn1c(N2CCN(CCCOc3ccc(NS(C)(=O)=O)cc3C(=O)c3ccccc3)CC2)cc(=O)n(C)c1=O.O=C(O)C(=O)O. The Morgan fingerprint density at radius 3 is 2.09 bits per heavy atom. The maximum Gasteiger partial charge on any atom is 0.414 e. The van der Waals surface area contributed by atoms with Crippen molar-refractivity contribution in [2.24, 2.45) is 14.1 Å². The van der Waals surface area contributed by atoms with E-state index in [0.29, 0.717) is 43.2 Å². The summed E-state index contributed by atoms with van der Waals surface area (Å²) in [6, 6.07) is 14.9. The first-order chi connectivity index (χ1) is 21.2. The van der Waals surface area contributed by atoms with E-state index in [0.717, 1.165) is 30.5 Å². The highest BCUT2D eigenvalue weighted by atomic mass is 32.2. The van der Waals surface area contributed by atoms with E-state index in [1.165, 1.54) is 23.7 Å². The van der Waals surface area contributed by atoms with Crippen molar-refractivity contribution >= 4 is 39.3 Å². The first-order valence-corrected chi connectivity index (χ1v) is 15.6. The molecule has 1 aliphatic heterocycles. The highest BCUT2D eigenvalue weighted by Crippen LogP contribution is 2.26. The van der Waals surface area contributed by atoms with Crippen LogP contribution in [-0.4, -0.2) is 96.0 Å². The molecule has 0 atom stereocenters. The third-order valence-electron chi connectivity index (χ3n) is 6.82. The fourth-order valence-electron chi connectivity index (χ4n) is 4.55. The van der Waals surface area contributed by atoms with Crippen LogP contribution < -0.4 is 25.6 Å². The molecule has 2 heterocycles. The molecule has 0 spiro atoms. The molecule has 1 aromatic heterocycles. The molecule has 0 unspecified atom stereocenters. The Morgan fingerprint density at radius 2 is 1.51 bits per heavy atom. The second kappa shape index (κ2) is 15.2. The Kier molecular flexibility index (Phi) is 11.6. The van der Waals surface area contributed by atoms with E-state index in [-0.39, 0.29) is 28.3 Å². The van der Waals surface area contributed by atoms with E-state index < -0.39 is 22.0 Å². The highest BCUT2D eigenvalue weighted by molar-refractivity contribution is 7.92. The van der Waals surface area contributed by atoms with Gasteiger partial charge >= 0.3 is 17.6 Å². The van der Waals surface area contributed by atoms with Crippen molar-refractivity contribution in [3.05, 3.63) is 86.6 Å². The molecule has 0 amide bonds. The van der Waals surface area contributed by atoms with E-state index >= 15 is 0 Å². The average molecular weight is 646 g/mol. The molecule has 0 radical (unpaired) electrons. The summed E-state index contributed by atoms with van der Waals surface area (Å²) in [6.45, 7) is 4.06. The quantitative estimate of drug-likeness (QED) is 0.156. The lowest BCUT2D eigenvalue weighted by Crippen LogP contribution is -2.49. The van der Waals surface area contributed by atoms with Crippen LogP contribution >= 0.6 is 0 Å². The standard InChI is InChI=1S/C27H33N5O6S.C2H2O4/c1-29-24(19-25(33)30(2)27(29)35)32-15-13-31(14-16-32)12-7-17-38-23-11-10-21(28-39(3,36)37)18-22(23)26(34)20-8-5-4-6-9-20;3-1(4)2(5)6/h4-6,8-11,18-19,28H,7,12-17H2,1-3H3;(H,3,4)(H,5,6). The molecule has 0 aliphatic carbocycles. The Labute approximate surface area is 258 Å². The molecule has 4 rings (SSSR count). The Morgan fingerprint density at radius 1 is 0.889 bits per heavy atom. The largest absolute Gasteiger partial charge is 0.493 e. The van der Waals surface area contributed by atoms with Gasteiger partial charge < -0.3 is 19.8 Å². The highest BCUT2D eigenvalue weighted by Gasteiger charge is 2.21. The van der Waals surface area contributed by atoms with E-state index in [2.05, 4.69) is 9.62 Å². The van der Waals surface area contributed by atoms with Crippen molar-refractivity contribution in [2.75, 3.05) is 55.2 Å². The molecule has 1 aliphatic rings. The lowest BCUT2D eigenvalue weighted by molar-refractivity contribution is -0.159. The van der Waals surface area contributed by atoms with Crippen molar-refractivity contribution in [3.8, 4) is 5.75 Å². The molecule has 45 heavy (non-hydrogen) atoms. The van der Waals surface area contributed by atoms with Crippen LogP contribution in [0.3, 0.4) is 0 Å². The van der Waals surface area contributed by atoms with Gasteiger partial charge in [0.1, 0.15) is 11.6 Å². The lowest BCUT2D eigenvalue weighted by atomic mass is 10.0. The minimum absolute atomic E-state index is 0.260. The predicted octanol–water partition coefficient (Wildman–Crippen LogP) is 0.433. The molecule has 3 N–H and O–H groups in total. The molecule has 15 nitrogen and oxygen atoms in total. The summed E-state index contributed by atoms with van der Waals surface area (Å²) in [5.41, 5.74) is 0.379. The zero-order valence-corrected chi connectivity index (χ0v) is 25.8. The fraction of sp³-hybridized carbons (Fsp3) is 0.345. The van der Waals surface area contributed by atoms with Gasteiger partial charge in [-0.05, 0) is 24.6 Å². The van der Waals surface area contributed by atoms with Gasteiger partial charge in [0.05, 0.1) is 18.4 Å². The van der Waals surface area contributed by atoms with Crippen molar-refractivity contribution in [3.63, 3.8) is 0 Å². The second-order valence-corrected chi connectivity index (χ2v) is 11.9. The van der Waals surface area contributed by atoms with Crippen molar-refractivity contribution in [1.82, 2.24) is 14.0 Å². The maximum absolute atomic E-state index is 13.2. The normalized spacial score (nSPS) is 13.4. The van der Waals surface area contributed by atoms with Gasteiger partial charge in [0, 0.05) is 64.1 Å². The molecule has 2 aromatic carbocycles. The number of ether oxygens (including phenoxy) is 1. The van der Waals surface area contributed by atoms with Crippen LogP contribution in [-0.2, 0) is 33.7 Å². The Balaban J connectivity index is 0.000000838. The molecule has 1 saturated heterocycles. The second-order valence-electron chi connectivity index (χ2n) is 10.2. The van der Waals surface area contributed by atoms with Crippen LogP contribution in [0.5, 0.6) is 5.75 Å². The van der Waals surface area contributed by atoms with Gasteiger partial charge in [0.25, 0.3) is 5.56 Å². The van der Waals surface area contributed by atoms with Crippen molar-refractivity contribution in [1.29, 1.82) is 0 Å². The Bertz CT molecular complexity index is 1750. The Hall–Kier alpha value is -4.96. The number of carbonyl (C=O) groups excluding carboxylic acids is 1. The zero-order valence-electron chi connectivity index (χ0n) is 25.0. The predicted molar refractivity (Wildman–Crippen MR) is 166 cm³/mol. The number of carboxylic acid groups (broad SMARTS) is 2. The van der Waals surface area contributed by atoms with E-state index in [4.69, 9.17) is 24.5 Å². The van der Waals surface area contributed by atoms with Gasteiger partial charge in [0.15, 0.2) is 5.78 Å². The van der Waals surface area contributed by atoms with Crippen molar-refractivity contribution in [2.45, 2.75) is 6.42 Å². The zero-order chi connectivity index (χ0) is 33.3. The number of piperazine rings is 1. The van der Waals surface area contributed by atoms with Gasteiger partial charge in [-0.15, -0.1) is 0 Å². The molecule has 16 heteroatoms. The number of benzene rings is 2. The number of nitrogens with one attached hydrogen (secondary N) is 1. The first kappa shape index (κ1) is 34.5. The lowest BCUT2D eigenvalue weighted by Gasteiger charge is -2.36. The number of carbonyl (C=O) groups is 3. The molecule has 0 saturated carbocycles.